The van der Waals surface area contributed by atoms with E-state index in [0.717, 1.165) is 0 Å². The Bertz CT molecular complexity index is 1190. The number of hydrogen-bond donors (Lipinski definition) is 2. The fourth-order valence-corrected chi connectivity index (χ4v) is 4.74. The Labute approximate surface area is 188 Å². The van der Waals surface area contributed by atoms with Crippen molar-refractivity contribution in [3.8, 4) is 5.75 Å². The quantitative estimate of drug-likeness (QED) is 0.644. The summed E-state index contributed by atoms with van der Waals surface area (Å²) in [5.74, 6) is 0.109. The summed E-state index contributed by atoms with van der Waals surface area (Å²) in [5.41, 5.74) is 1.01. The van der Waals surface area contributed by atoms with Crippen LogP contribution in [-0.2, 0) is 19.6 Å². The number of fused-ring (bicyclic) bond motifs is 1. The second-order valence-corrected chi connectivity index (χ2v) is 9.98. The van der Waals surface area contributed by atoms with E-state index in [1.54, 1.807) is 56.0 Å². The third-order valence-corrected chi connectivity index (χ3v) is 6.55. The highest BCUT2D eigenvalue weighted by atomic mass is 32.2. The van der Waals surface area contributed by atoms with Gasteiger partial charge in [-0.2, -0.15) is 0 Å². The van der Waals surface area contributed by atoms with E-state index in [-0.39, 0.29) is 29.9 Å². The molecule has 0 bridgehead atoms. The minimum atomic E-state index is -3.92. The number of nitrogens with zero attached hydrogens (tertiary/aromatic N) is 1. The average Bonchev–Trinajstić information content (AvgIpc) is 2.77. The van der Waals surface area contributed by atoms with E-state index >= 15 is 0 Å². The number of hydrogen-bond acceptors (Lipinski definition) is 5. The summed E-state index contributed by atoms with van der Waals surface area (Å²) in [7, 11) is -3.92. The molecule has 170 valence electrons. The minimum Gasteiger partial charge on any atom is -0.490 e. The first kappa shape index (κ1) is 23.3. The number of benzene rings is 2. The lowest BCUT2D eigenvalue weighted by atomic mass is 9.93. The van der Waals surface area contributed by atoms with Gasteiger partial charge < -0.3 is 15.0 Å². The van der Waals surface area contributed by atoms with Crippen molar-refractivity contribution in [2.24, 2.45) is 5.41 Å². The highest BCUT2D eigenvalue weighted by molar-refractivity contribution is 7.92. The predicted molar refractivity (Wildman–Crippen MR) is 125 cm³/mol. The van der Waals surface area contributed by atoms with Crippen molar-refractivity contribution < 1.29 is 22.7 Å². The molecule has 0 atom stereocenters. The summed E-state index contributed by atoms with van der Waals surface area (Å²) in [6.45, 7) is 10.8. The molecule has 0 unspecified atom stereocenters. The van der Waals surface area contributed by atoms with E-state index in [2.05, 4.69) is 16.6 Å². The molecule has 32 heavy (non-hydrogen) atoms. The Kier molecular flexibility index (Phi) is 6.32. The van der Waals surface area contributed by atoms with Crippen LogP contribution in [-0.4, -0.2) is 33.4 Å². The second-order valence-electron chi connectivity index (χ2n) is 8.33. The molecule has 8 nitrogen and oxygen atoms in total. The van der Waals surface area contributed by atoms with Gasteiger partial charge in [0.25, 0.3) is 10.0 Å². The van der Waals surface area contributed by atoms with E-state index in [1.165, 1.54) is 19.1 Å². The minimum absolute atomic E-state index is 0.0814. The van der Waals surface area contributed by atoms with E-state index in [0.29, 0.717) is 28.4 Å². The van der Waals surface area contributed by atoms with Gasteiger partial charge >= 0.3 is 0 Å². The molecule has 3 rings (SSSR count). The molecule has 9 heteroatoms. The summed E-state index contributed by atoms with van der Waals surface area (Å²) in [6.07, 6.45) is 1.61. The monoisotopic (exact) mass is 457 g/mol. The van der Waals surface area contributed by atoms with Crippen molar-refractivity contribution in [3.05, 3.63) is 54.6 Å². The number of amides is 2. The lowest BCUT2D eigenvalue weighted by molar-refractivity contribution is -0.127. The van der Waals surface area contributed by atoms with Crippen LogP contribution in [0.4, 0.5) is 17.1 Å². The van der Waals surface area contributed by atoms with Crippen LogP contribution in [0, 0.1) is 12.3 Å². The highest BCUT2D eigenvalue weighted by Crippen LogP contribution is 2.38. The van der Waals surface area contributed by atoms with E-state index < -0.39 is 15.4 Å². The first-order valence-corrected chi connectivity index (χ1v) is 11.5. The van der Waals surface area contributed by atoms with Crippen LogP contribution in [0.5, 0.6) is 5.75 Å². The van der Waals surface area contributed by atoms with Crippen molar-refractivity contribution in [2.45, 2.75) is 32.6 Å². The molecule has 0 saturated carbocycles. The molecule has 0 radical (unpaired) electrons. The van der Waals surface area contributed by atoms with Crippen LogP contribution in [0.25, 0.3) is 0 Å². The first-order valence-electron chi connectivity index (χ1n) is 10.1. The summed E-state index contributed by atoms with van der Waals surface area (Å²) >= 11 is 0. The van der Waals surface area contributed by atoms with Crippen molar-refractivity contribution in [3.63, 3.8) is 0 Å². The SMILES string of the molecule is C=CCN1C(=O)C(C)(C)COc2ccc(NS(=O)(=O)c3ccc(NC(C)=O)cc3C)cc21. The van der Waals surface area contributed by atoms with E-state index in [9.17, 15) is 18.0 Å². The molecule has 0 saturated heterocycles. The number of aryl methyl sites for hydroxylation is 1. The number of nitrogens with one attached hydrogen (secondary N) is 2. The molecule has 0 fully saturated rings. The molecular weight excluding hydrogens is 430 g/mol. The van der Waals surface area contributed by atoms with E-state index in [1.807, 2.05) is 0 Å². The van der Waals surface area contributed by atoms with Crippen molar-refractivity contribution in [1.82, 2.24) is 0 Å². The molecule has 2 aromatic carbocycles. The maximum Gasteiger partial charge on any atom is 0.262 e. The largest absolute Gasteiger partial charge is 0.490 e. The third kappa shape index (κ3) is 4.77. The van der Waals surface area contributed by atoms with Gasteiger partial charge in [-0.25, -0.2) is 8.42 Å². The molecule has 1 aliphatic heterocycles. The van der Waals surface area contributed by atoms with Crippen LogP contribution >= 0.6 is 0 Å². The number of rotatable bonds is 6. The van der Waals surface area contributed by atoms with Gasteiger partial charge in [0.15, 0.2) is 0 Å². The summed E-state index contributed by atoms with van der Waals surface area (Å²) in [6, 6.07) is 9.37. The lowest BCUT2D eigenvalue weighted by Crippen LogP contribution is -2.42. The molecule has 2 N–H and O–H groups in total. The number of anilines is 3. The third-order valence-electron chi connectivity index (χ3n) is 5.01. The van der Waals surface area contributed by atoms with Gasteiger partial charge in [0, 0.05) is 19.2 Å². The van der Waals surface area contributed by atoms with Gasteiger partial charge in [0.1, 0.15) is 12.4 Å². The fourth-order valence-electron chi connectivity index (χ4n) is 3.46. The fraction of sp³-hybridized carbons (Fsp3) is 0.304. The van der Waals surface area contributed by atoms with Crippen LogP contribution in [0.15, 0.2) is 53.9 Å². The standard InChI is InChI=1S/C23H27N3O5S/c1-6-11-26-19-13-18(7-9-20(19)31-14-23(4,5)22(26)28)25-32(29,30)21-10-8-17(12-15(21)2)24-16(3)27/h6-10,12-13,25H,1,11,14H2,2-5H3,(H,24,27). The zero-order chi connectivity index (χ0) is 23.7. The van der Waals surface area contributed by atoms with Gasteiger partial charge in [-0.3, -0.25) is 14.3 Å². The topological polar surface area (TPSA) is 105 Å². The number of carbonyl (C=O) groups excluding carboxylic acids is 2. The van der Waals surface area contributed by atoms with Gasteiger partial charge in [0.2, 0.25) is 11.8 Å². The average molecular weight is 458 g/mol. The number of ether oxygens (including phenoxy) is 1. The number of carbonyl (C=O) groups is 2. The van der Waals surface area contributed by atoms with Crippen molar-refractivity contribution in [1.29, 1.82) is 0 Å². The molecule has 0 spiro atoms. The Morgan fingerprint density at radius 2 is 1.91 bits per heavy atom. The molecule has 1 heterocycles. The Morgan fingerprint density at radius 3 is 2.53 bits per heavy atom. The van der Waals surface area contributed by atoms with Gasteiger partial charge in [-0.1, -0.05) is 6.08 Å². The maximum absolute atomic E-state index is 13.0. The molecular formula is C23H27N3O5S. The lowest BCUT2D eigenvalue weighted by Gasteiger charge is -2.27. The Hall–Kier alpha value is -3.33. The van der Waals surface area contributed by atoms with Crippen LogP contribution in [0.3, 0.4) is 0 Å². The molecule has 0 aliphatic carbocycles. The summed E-state index contributed by atoms with van der Waals surface area (Å²) < 4.78 is 34.5. The summed E-state index contributed by atoms with van der Waals surface area (Å²) in [4.78, 5) is 25.9. The van der Waals surface area contributed by atoms with Crippen LogP contribution in [0.1, 0.15) is 26.3 Å². The molecule has 0 aromatic heterocycles. The molecule has 2 amide bonds. The maximum atomic E-state index is 13.0. The molecule has 2 aromatic rings. The van der Waals surface area contributed by atoms with E-state index in [4.69, 9.17) is 4.74 Å². The van der Waals surface area contributed by atoms with Crippen LogP contribution < -0.4 is 19.7 Å². The van der Waals surface area contributed by atoms with Gasteiger partial charge in [-0.05, 0) is 62.7 Å². The first-order chi connectivity index (χ1) is 14.9. The number of sulfonamides is 1. The van der Waals surface area contributed by atoms with Gasteiger partial charge in [-0.15, -0.1) is 6.58 Å². The highest BCUT2D eigenvalue weighted by Gasteiger charge is 2.37. The Balaban J connectivity index is 1.95. The second kappa shape index (κ2) is 8.66. The van der Waals surface area contributed by atoms with Crippen molar-refractivity contribution >= 4 is 38.9 Å². The Morgan fingerprint density at radius 1 is 1.22 bits per heavy atom. The predicted octanol–water partition coefficient (Wildman–Crippen LogP) is 3.69. The smallest absolute Gasteiger partial charge is 0.262 e. The normalized spacial score (nSPS) is 15.2. The van der Waals surface area contributed by atoms with Crippen LogP contribution in [0.2, 0.25) is 0 Å². The van der Waals surface area contributed by atoms with Crippen molar-refractivity contribution in [2.75, 3.05) is 28.1 Å². The zero-order valence-corrected chi connectivity index (χ0v) is 19.4. The van der Waals surface area contributed by atoms with Gasteiger partial charge in [0.05, 0.1) is 21.7 Å². The summed E-state index contributed by atoms with van der Waals surface area (Å²) in [5, 5.41) is 2.63. The zero-order valence-electron chi connectivity index (χ0n) is 18.6. The molecule has 1 aliphatic rings.